The van der Waals surface area contributed by atoms with Crippen LogP contribution in [0.4, 0.5) is 0 Å². The van der Waals surface area contributed by atoms with E-state index in [1.54, 1.807) is 6.20 Å². The standard InChI is InChI=1S/C23H34N4O3/c1-17-24-16-18(22(29)26-12-6-3-7-13-26)21(25-17)19-9-8-14-27(19)20(28)15-23(30)10-4-2-5-11-23/h16,19,30H,2-15H2,1H3/t19-/m1/s1. The van der Waals surface area contributed by atoms with E-state index >= 15 is 0 Å². The van der Waals surface area contributed by atoms with Crippen LogP contribution in [0.15, 0.2) is 6.20 Å². The highest BCUT2D eigenvalue weighted by atomic mass is 16.3. The van der Waals surface area contributed by atoms with Crippen LogP contribution < -0.4 is 0 Å². The maximum Gasteiger partial charge on any atom is 0.257 e. The van der Waals surface area contributed by atoms with E-state index in [0.717, 1.165) is 64.5 Å². The van der Waals surface area contributed by atoms with Crippen molar-refractivity contribution in [2.24, 2.45) is 0 Å². The molecule has 0 radical (unpaired) electrons. The number of hydrogen-bond donors (Lipinski definition) is 1. The number of amides is 2. The number of nitrogens with zero attached hydrogens (tertiary/aromatic N) is 4. The topological polar surface area (TPSA) is 86.6 Å². The Bertz CT molecular complexity index is 785. The summed E-state index contributed by atoms with van der Waals surface area (Å²) in [6.45, 7) is 4.02. The monoisotopic (exact) mass is 414 g/mol. The van der Waals surface area contributed by atoms with Gasteiger partial charge in [-0.15, -0.1) is 0 Å². The van der Waals surface area contributed by atoms with Crippen LogP contribution in [0.1, 0.15) is 98.5 Å². The molecule has 3 aliphatic rings. The Balaban J connectivity index is 1.56. The van der Waals surface area contributed by atoms with Gasteiger partial charge >= 0.3 is 0 Å². The lowest BCUT2D eigenvalue weighted by atomic mass is 9.82. The van der Waals surface area contributed by atoms with Crippen molar-refractivity contribution in [2.75, 3.05) is 19.6 Å². The lowest BCUT2D eigenvalue weighted by Gasteiger charge is -2.34. The second kappa shape index (κ2) is 9.00. The number of aliphatic hydroxyl groups is 1. The summed E-state index contributed by atoms with van der Waals surface area (Å²) < 4.78 is 0. The first-order valence-corrected chi connectivity index (χ1v) is 11.6. The van der Waals surface area contributed by atoms with Gasteiger partial charge < -0.3 is 14.9 Å². The molecule has 1 atom stereocenters. The Kier molecular flexibility index (Phi) is 6.37. The van der Waals surface area contributed by atoms with Crippen LogP contribution in [-0.4, -0.2) is 61.9 Å². The van der Waals surface area contributed by atoms with E-state index in [9.17, 15) is 14.7 Å². The molecule has 3 heterocycles. The smallest absolute Gasteiger partial charge is 0.257 e. The molecule has 1 N–H and O–H groups in total. The normalized spacial score (nSPS) is 24.1. The largest absolute Gasteiger partial charge is 0.389 e. The van der Waals surface area contributed by atoms with Gasteiger partial charge in [-0.25, -0.2) is 9.97 Å². The lowest BCUT2D eigenvalue weighted by molar-refractivity contribution is -0.138. The summed E-state index contributed by atoms with van der Waals surface area (Å²) in [6.07, 6.45) is 11.2. The summed E-state index contributed by atoms with van der Waals surface area (Å²) in [5.41, 5.74) is 0.333. The minimum absolute atomic E-state index is 0.0186. The van der Waals surface area contributed by atoms with E-state index in [-0.39, 0.29) is 24.3 Å². The minimum Gasteiger partial charge on any atom is -0.389 e. The van der Waals surface area contributed by atoms with E-state index < -0.39 is 5.60 Å². The highest BCUT2D eigenvalue weighted by Crippen LogP contribution is 2.37. The maximum absolute atomic E-state index is 13.2. The molecule has 0 spiro atoms. The van der Waals surface area contributed by atoms with E-state index in [1.165, 1.54) is 0 Å². The van der Waals surface area contributed by atoms with Crippen molar-refractivity contribution in [1.82, 2.24) is 19.8 Å². The van der Waals surface area contributed by atoms with E-state index in [2.05, 4.69) is 9.97 Å². The predicted octanol–water partition coefficient (Wildman–Crippen LogP) is 3.16. The van der Waals surface area contributed by atoms with Gasteiger partial charge in [0.1, 0.15) is 5.82 Å². The number of rotatable bonds is 4. The Hall–Kier alpha value is -2.02. The van der Waals surface area contributed by atoms with Crippen molar-refractivity contribution < 1.29 is 14.7 Å². The highest BCUT2D eigenvalue weighted by Gasteiger charge is 2.39. The molecule has 1 aromatic heterocycles. The molecule has 164 valence electrons. The molecule has 1 saturated carbocycles. The van der Waals surface area contributed by atoms with E-state index in [0.29, 0.717) is 36.5 Å². The molecule has 2 amide bonds. The van der Waals surface area contributed by atoms with Crippen molar-refractivity contribution in [3.05, 3.63) is 23.3 Å². The van der Waals surface area contributed by atoms with Crippen LogP contribution >= 0.6 is 0 Å². The summed E-state index contributed by atoms with van der Waals surface area (Å²) in [5, 5.41) is 10.9. The van der Waals surface area contributed by atoms with Gasteiger partial charge in [0.2, 0.25) is 5.91 Å². The summed E-state index contributed by atoms with van der Waals surface area (Å²) in [7, 11) is 0. The van der Waals surface area contributed by atoms with Gasteiger partial charge in [0.15, 0.2) is 0 Å². The molecule has 0 unspecified atom stereocenters. The Morgan fingerprint density at radius 1 is 1.07 bits per heavy atom. The van der Waals surface area contributed by atoms with E-state index in [1.807, 2.05) is 16.7 Å². The van der Waals surface area contributed by atoms with Crippen LogP contribution in [0.5, 0.6) is 0 Å². The number of piperidine rings is 1. The number of carbonyl (C=O) groups is 2. The molecule has 1 aromatic rings. The van der Waals surface area contributed by atoms with Gasteiger partial charge in [0.25, 0.3) is 5.91 Å². The summed E-state index contributed by atoms with van der Waals surface area (Å²) in [4.78, 5) is 39.1. The van der Waals surface area contributed by atoms with Crippen LogP contribution in [0, 0.1) is 6.92 Å². The molecule has 30 heavy (non-hydrogen) atoms. The third kappa shape index (κ3) is 4.51. The SMILES string of the molecule is Cc1ncc(C(=O)N2CCCCC2)c([C@H]2CCCN2C(=O)CC2(O)CCCCC2)n1. The molecular weight excluding hydrogens is 380 g/mol. The first-order valence-electron chi connectivity index (χ1n) is 11.6. The number of likely N-dealkylation sites (tertiary alicyclic amines) is 2. The van der Waals surface area contributed by atoms with Crippen LogP contribution in [0.25, 0.3) is 0 Å². The van der Waals surface area contributed by atoms with Crippen LogP contribution in [0.2, 0.25) is 0 Å². The number of hydrogen-bond acceptors (Lipinski definition) is 5. The van der Waals surface area contributed by atoms with Crippen molar-refractivity contribution >= 4 is 11.8 Å². The van der Waals surface area contributed by atoms with Gasteiger partial charge in [-0.05, 0) is 51.9 Å². The molecule has 2 saturated heterocycles. The highest BCUT2D eigenvalue weighted by molar-refractivity contribution is 5.95. The number of aromatic nitrogens is 2. The predicted molar refractivity (Wildman–Crippen MR) is 113 cm³/mol. The molecule has 2 aliphatic heterocycles. The summed E-state index contributed by atoms with van der Waals surface area (Å²) in [6, 6.07) is -0.213. The van der Waals surface area contributed by atoms with Crippen LogP contribution in [-0.2, 0) is 4.79 Å². The zero-order chi connectivity index (χ0) is 21.1. The molecule has 4 rings (SSSR count). The fourth-order valence-electron chi connectivity index (χ4n) is 5.29. The zero-order valence-corrected chi connectivity index (χ0v) is 18.1. The quantitative estimate of drug-likeness (QED) is 0.818. The summed E-state index contributed by atoms with van der Waals surface area (Å²) >= 11 is 0. The second-order valence-electron chi connectivity index (χ2n) is 9.28. The van der Waals surface area contributed by atoms with Gasteiger partial charge in [-0.2, -0.15) is 0 Å². The van der Waals surface area contributed by atoms with Crippen molar-refractivity contribution in [2.45, 2.75) is 89.2 Å². The second-order valence-corrected chi connectivity index (χ2v) is 9.28. The van der Waals surface area contributed by atoms with Gasteiger partial charge in [-0.3, -0.25) is 9.59 Å². The number of carbonyl (C=O) groups excluding carboxylic acids is 2. The molecule has 0 aromatic carbocycles. The Morgan fingerprint density at radius 2 is 1.77 bits per heavy atom. The average molecular weight is 415 g/mol. The van der Waals surface area contributed by atoms with Crippen molar-refractivity contribution in [3.8, 4) is 0 Å². The Labute approximate surface area is 178 Å². The first kappa shape index (κ1) is 21.2. The summed E-state index contributed by atoms with van der Waals surface area (Å²) in [5.74, 6) is 0.579. The van der Waals surface area contributed by atoms with Crippen molar-refractivity contribution in [1.29, 1.82) is 0 Å². The van der Waals surface area contributed by atoms with Crippen molar-refractivity contribution in [3.63, 3.8) is 0 Å². The maximum atomic E-state index is 13.2. The van der Waals surface area contributed by atoms with E-state index in [4.69, 9.17) is 0 Å². The van der Waals surface area contributed by atoms with Gasteiger partial charge in [-0.1, -0.05) is 19.3 Å². The third-order valence-corrected chi connectivity index (χ3v) is 6.97. The number of aryl methyl sites for hydroxylation is 1. The van der Waals surface area contributed by atoms with Crippen LogP contribution in [0.3, 0.4) is 0 Å². The first-order chi connectivity index (χ1) is 14.5. The molecule has 1 aliphatic carbocycles. The molecule has 7 nitrogen and oxygen atoms in total. The molecule has 7 heteroatoms. The zero-order valence-electron chi connectivity index (χ0n) is 18.1. The Morgan fingerprint density at radius 3 is 2.50 bits per heavy atom. The fraction of sp³-hybridized carbons (Fsp3) is 0.739. The minimum atomic E-state index is -0.878. The third-order valence-electron chi connectivity index (χ3n) is 6.97. The van der Waals surface area contributed by atoms with Gasteiger partial charge in [0, 0.05) is 25.8 Å². The average Bonchev–Trinajstić information content (AvgIpc) is 3.24. The lowest BCUT2D eigenvalue weighted by Crippen LogP contribution is -2.41. The fourth-order valence-corrected chi connectivity index (χ4v) is 5.29. The van der Waals surface area contributed by atoms with Gasteiger partial charge in [0.05, 0.1) is 29.3 Å². The molecule has 3 fully saturated rings. The molecule has 0 bridgehead atoms. The molecular formula is C23H34N4O3.